The first-order valence-electron chi connectivity index (χ1n) is 5.15. The molecule has 0 saturated carbocycles. The van der Waals surface area contributed by atoms with Crippen LogP contribution in [0.15, 0.2) is 6.20 Å². The molecule has 0 spiro atoms. The number of nitrogens with two attached hydrogens (primary N) is 1. The fourth-order valence-corrected chi connectivity index (χ4v) is 1.90. The minimum absolute atomic E-state index is 0.188. The number of nitrogens with zero attached hydrogens (tertiary/aromatic N) is 2. The average molecular weight is 225 g/mol. The monoisotopic (exact) mass is 225 g/mol. The number of anilines is 1. The lowest BCUT2D eigenvalue weighted by Crippen LogP contribution is -2.24. The molecule has 1 saturated heterocycles. The Morgan fingerprint density at radius 2 is 2.38 bits per heavy atom. The van der Waals surface area contributed by atoms with Crippen molar-refractivity contribution in [1.82, 2.24) is 9.97 Å². The molecule has 6 heteroatoms. The Balaban J connectivity index is 2.20. The van der Waals surface area contributed by atoms with Crippen LogP contribution in [0.2, 0.25) is 0 Å². The highest BCUT2D eigenvalue weighted by molar-refractivity contribution is 5.26. The normalized spacial score (nSPS) is 29.6. The summed E-state index contributed by atoms with van der Waals surface area (Å²) in [5.41, 5.74) is 7.00. The molecular formula is C10H15N3O3. The van der Waals surface area contributed by atoms with E-state index >= 15 is 0 Å². The SMILES string of the molecule is Cc1nc(N)ncc1[C@H]1C[C@H](O)[C@@H](CO)O1. The Morgan fingerprint density at radius 1 is 1.62 bits per heavy atom. The molecule has 1 aromatic rings. The van der Waals surface area contributed by atoms with Crippen LogP contribution in [-0.2, 0) is 4.74 Å². The molecule has 6 nitrogen and oxygen atoms in total. The van der Waals surface area contributed by atoms with Crippen molar-refractivity contribution < 1.29 is 14.9 Å². The molecule has 0 aromatic carbocycles. The standard InChI is InChI=1S/C10H15N3O3/c1-5-6(3-12-10(11)13-5)8-2-7(15)9(4-14)16-8/h3,7-9,14-15H,2,4H2,1H3,(H2,11,12,13)/t7-,8+,9+/m0/s1. The largest absolute Gasteiger partial charge is 0.394 e. The Kier molecular flexibility index (Phi) is 3.04. The molecule has 0 unspecified atom stereocenters. The van der Waals surface area contributed by atoms with Crippen LogP contribution in [0.1, 0.15) is 23.8 Å². The van der Waals surface area contributed by atoms with Gasteiger partial charge in [0.05, 0.1) is 18.8 Å². The molecule has 2 heterocycles. The maximum Gasteiger partial charge on any atom is 0.220 e. The quantitative estimate of drug-likeness (QED) is 0.630. The number of rotatable bonds is 2. The highest BCUT2D eigenvalue weighted by Gasteiger charge is 2.35. The summed E-state index contributed by atoms with van der Waals surface area (Å²) in [6, 6.07) is 0. The van der Waals surface area contributed by atoms with Crippen molar-refractivity contribution in [3.63, 3.8) is 0 Å². The smallest absolute Gasteiger partial charge is 0.220 e. The summed E-state index contributed by atoms with van der Waals surface area (Å²) in [5.74, 6) is 0.221. The third-order valence-electron chi connectivity index (χ3n) is 2.79. The van der Waals surface area contributed by atoms with E-state index in [9.17, 15) is 5.11 Å². The van der Waals surface area contributed by atoms with E-state index in [1.54, 1.807) is 6.20 Å². The third-order valence-corrected chi connectivity index (χ3v) is 2.79. The molecule has 1 aliphatic rings. The van der Waals surface area contributed by atoms with Gasteiger partial charge in [-0.25, -0.2) is 9.97 Å². The van der Waals surface area contributed by atoms with Gasteiger partial charge in [0.1, 0.15) is 6.10 Å². The number of nitrogen functional groups attached to an aromatic ring is 1. The number of aliphatic hydroxyl groups is 2. The summed E-state index contributed by atoms with van der Waals surface area (Å²) in [5, 5.41) is 18.6. The number of ether oxygens (including phenoxy) is 1. The van der Waals surface area contributed by atoms with Gasteiger partial charge in [-0.05, 0) is 6.92 Å². The number of aliphatic hydroxyl groups excluding tert-OH is 2. The Hall–Kier alpha value is -1.24. The van der Waals surface area contributed by atoms with E-state index in [0.29, 0.717) is 6.42 Å². The molecule has 4 N–H and O–H groups in total. The highest BCUT2D eigenvalue weighted by Crippen LogP contribution is 2.33. The fourth-order valence-electron chi connectivity index (χ4n) is 1.90. The van der Waals surface area contributed by atoms with Gasteiger partial charge in [0.15, 0.2) is 0 Å². The maximum absolute atomic E-state index is 9.62. The molecule has 1 aliphatic heterocycles. The maximum atomic E-state index is 9.62. The van der Waals surface area contributed by atoms with E-state index in [2.05, 4.69) is 9.97 Å². The van der Waals surface area contributed by atoms with Crippen molar-refractivity contribution in [2.75, 3.05) is 12.3 Å². The second-order valence-corrected chi connectivity index (χ2v) is 3.92. The van der Waals surface area contributed by atoms with Gasteiger partial charge >= 0.3 is 0 Å². The Labute approximate surface area is 93.1 Å². The van der Waals surface area contributed by atoms with Gasteiger partial charge in [-0.2, -0.15) is 0 Å². The summed E-state index contributed by atoms with van der Waals surface area (Å²) in [6.07, 6.45) is 0.607. The fraction of sp³-hybridized carbons (Fsp3) is 0.600. The van der Waals surface area contributed by atoms with Crippen LogP contribution in [0, 0.1) is 6.92 Å². The highest BCUT2D eigenvalue weighted by atomic mass is 16.5. The molecule has 3 atom stereocenters. The van der Waals surface area contributed by atoms with Crippen molar-refractivity contribution in [3.05, 3.63) is 17.5 Å². The predicted molar refractivity (Wildman–Crippen MR) is 56.5 cm³/mol. The van der Waals surface area contributed by atoms with Gasteiger partial charge in [0, 0.05) is 23.9 Å². The van der Waals surface area contributed by atoms with E-state index in [-0.39, 0.29) is 18.7 Å². The Bertz CT molecular complexity index is 386. The van der Waals surface area contributed by atoms with Crippen LogP contribution in [0.5, 0.6) is 0 Å². The van der Waals surface area contributed by atoms with Gasteiger partial charge in [0.2, 0.25) is 5.95 Å². The zero-order valence-electron chi connectivity index (χ0n) is 9.00. The van der Waals surface area contributed by atoms with Gasteiger partial charge in [-0.3, -0.25) is 0 Å². The van der Waals surface area contributed by atoms with Crippen molar-refractivity contribution in [2.45, 2.75) is 31.7 Å². The summed E-state index contributed by atoms with van der Waals surface area (Å²) in [7, 11) is 0. The minimum atomic E-state index is -0.646. The van der Waals surface area contributed by atoms with Crippen LogP contribution in [0.4, 0.5) is 5.95 Å². The zero-order chi connectivity index (χ0) is 11.7. The first-order valence-corrected chi connectivity index (χ1v) is 5.15. The van der Waals surface area contributed by atoms with Crippen LogP contribution >= 0.6 is 0 Å². The van der Waals surface area contributed by atoms with Gasteiger partial charge in [-0.1, -0.05) is 0 Å². The van der Waals surface area contributed by atoms with Crippen LogP contribution < -0.4 is 5.73 Å². The zero-order valence-corrected chi connectivity index (χ0v) is 9.00. The summed E-state index contributed by atoms with van der Waals surface area (Å²) >= 11 is 0. The Morgan fingerprint density at radius 3 is 2.94 bits per heavy atom. The lowest BCUT2D eigenvalue weighted by molar-refractivity contribution is -0.0228. The first-order chi connectivity index (χ1) is 7.61. The van der Waals surface area contributed by atoms with Crippen molar-refractivity contribution >= 4 is 5.95 Å². The van der Waals surface area contributed by atoms with Crippen molar-refractivity contribution in [2.24, 2.45) is 0 Å². The predicted octanol–water partition coefficient (Wildman–Crippen LogP) is -0.450. The molecule has 0 bridgehead atoms. The lowest BCUT2D eigenvalue weighted by atomic mass is 10.1. The van der Waals surface area contributed by atoms with E-state index in [1.165, 1.54) is 0 Å². The lowest BCUT2D eigenvalue weighted by Gasteiger charge is -2.13. The van der Waals surface area contributed by atoms with Crippen LogP contribution in [0.25, 0.3) is 0 Å². The second kappa shape index (κ2) is 4.32. The summed E-state index contributed by atoms with van der Waals surface area (Å²) in [4.78, 5) is 7.94. The molecular weight excluding hydrogens is 210 g/mol. The number of aryl methyl sites for hydroxylation is 1. The van der Waals surface area contributed by atoms with E-state index < -0.39 is 12.2 Å². The van der Waals surface area contributed by atoms with E-state index in [1.807, 2.05) is 6.92 Å². The van der Waals surface area contributed by atoms with Gasteiger partial charge in [0.25, 0.3) is 0 Å². The molecule has 1 fully saturated rings. The molecule has 1 aromatic heterocycles. The van der Waals surface area contributed by atoms with Crippen LogP contribution in [-0.4, -0.2) is 39.0 Å². The average Bonchev–Trinajstić information content (AvgIpc) is 2.59. The van der Waals surface area contributed by atoms with Crippen molar-refractivity contribution in [1.29, 1.82) is 0 Å². The minimum Gasteiger partial charge on any atom is -0.394 e. The van der Waals surface area contributed by atoms with Gasteiger partial charge in [-0.15, -0.1) is 0 Å². The third kappa shape index (κ3) is 1.99. The second-order valence-electron chi connectivity index (χ2n) is 3.92. The van der Waals surface area contributed by atoms with E-state index in [4.69, 9.17) is 15.6 Å². The van der Waals surface area contributed by atoms with E-state index in [0.717, 1.165) is 11.3 Å². The molecule has 0 amide bonds. The summed E-state index contributed by atoms with van der Waals surface area (Å²) < 4.78 is 5.51. The summed E-state index contributed by atoms with van der Waals surface area (Å²) in [6.45, 7) is 1.63. The topological polar surface area (TPSA) is 101 Å². The molecule has 0 radical (unpaired) electrons. The van der Waals surface area contributed by atoms with Crippen LogP contribution in [0.3, 0.4) is 0 Å². The number of aromatic nitrogens is 2. The first kappa shape index (κ1) is 11.3. The molecule has 0 aliphatic carbocycles. The number of hydrogen-bond donors (Lipinski definition) is 3. The molecule has 16 heavy (non-hydrogen) atoms. The molecule has 88 valence electrons. The van der Waals surface area contributed by atoms with Crippen molar-refractivity contribution in [3.8, 4) is 0 Å². The molecule has 2 rings (SSSR count). The van der Waals surface area contributed by atoms with Gasteiger partial charge < -0.3 is 20.7 Å². The number of hydrogen-bond acceptors (Lipinski definition) is 6.